The predicted molar refractivity (Wildman–Crippen MR) is 118 cm³/mol. The molecule has 178 valence electrons. The van der Waals surface area contributed by atoms with E-state index in [1.165, 1.54) is 12.1 Å². The van der Waals surface area contributed by atoms with Crippen molar-refractivity contribution in [2.24, 2.45) is 0 Å². The second kappa shape index (κ2) is 9.76. The van der Waals surface area contributed by atoms with E-state index in [-0.39, 0.29) is 16.9 Å². The molecule has 0 saturated carbocycles. The fourth-order valence-electron chi connectivity index (χ4n) is 3.53. The third kappa shape index (κ3) is 5.33. The van der Waals surface area contributed by atoms with Gasteiger partial charge in [0.05, 0.1) is 11.6 Å². The lowest BCUT2D eigenvalue weighted by atomic mass is 10.1. The Balaban J connectivity index is 1.55. The average Bonchev–Trinajstić information content (AvgIpc) is 3.42. The van der Waals surface area contributed by atoms with Crippen molar-refractivity contribution >= 4 is 28.5 Å². The highest BCUT2D eigenvalue weighted by Crippen LogP contribution is 2.34. The summed E-state index contributed by atoms with van der Waals surface area (Å²) in [5.74, 6) is -0.332. The molecule has 0 N–H and O–H groups in total. The number of nitrogens with zero attached hydrogens (tertiary/aromatic N) is 3. The number of fused-ring (bicyclic) bond motifs is 1. The van der Waals surface area contributed by atoms with Crippen molar-refractivity contribution in [3.63, 3.8) is 0 Å². The van der Waals surface area contributed by atoms with Gasteiger partial charge in [0, 0.05) is 41.2 Å². The number of hydrogen-bond acceptors (Lipinski definition) is 6. The second-order valence-corrected chi connectivity index (χ2v) is 7.68. The minimum Gasteiger partial charge on any atom is -0.466 e. The predicted octanol–water partition coefficient (Wildman–Crippen LogP) is 6.25. The summed E-state index contributed by atoms with van der Waals surface area (Å²) in [6.07, 6.45) is -1.97. The van der Waals surface area contributed by atoms with Crippen LogP contribution in [0.1, 0.15) is 19.8 Å². The lowest BCUT2D eigenvalue weighted by Crippen LogP contribution is -2.17. The van der Waals surface area contributed by atoms with Gasteiger partial charge < -0.3 is 18.6 Å². The summed E-state index contributed by atoms with van der Waals surface area (Å²) >= 11 is 5.92. The molecule has 0 saturated heterocycles. The van der Waals surface area contributed by atoms with E-state index >= 15 is 0 Å². The normalized spacial score (nSPS) is 11.7. The fourth-order valence-corrected chi connectivity index (χ4v) is 3.75. The minimum atomic E-state index is -4.85. The van der Waals surface area contributed by atoms with Crippen molar-refractivity contribution in [3.05, 3.63) is 53.7 Å². The molecule has 2 heterocycles. The molecule has 0 bridgehead atoms. The highest BCUT2D eigenvalue weighted by molar-refractivity contribution is 6.32. The summed E-state index contributed by atoms with van der Waals surface area (Å²) in [5, 5.41) is 4.68. The molecule has 0 aliphatic heterocycles. The topological polar surface area (TPSA) is 79.4 Å². The smallest absolute Gasteiger partial charge is 0.466 e. The molecule has 0 unspecified atom stereocenters. The van der Waals surface area contributed by atoms with Crippen molar-refractivity contribution in [2.45, 2.75) is 32.7 Å². The highest BCUT2D eigenvalue weighted by atomic mass is 35.5. The van der Waals surface area contributed by atoms with Gasteiger partial charge in [-0.1, -0.05) is 28.9 Å². The number of carbonyl (C=O) groups excluding carboxylic acids is 1. The van der Waals surface area contributed by atoms with Gasteiger partial charge >= 0.3 is 12.3 Å². The Kier molecular flexibility index (Phi) is 6.78. The SMILES string of the molecule is CCOC(=O)CCCn1ccc2c(-c3noc(-c4ccc(OC(F)(F)F)c(Cl)c4)n3)cccc21. The minimum absolute atomic E-state index is 0.0985. The quantitative estimate of drug-likeness (QED) is 0.270. The van der Waals surface area contributed by atoms with Crippen LogP contribution < -0.4 is 4.74 Å². The molecule has 0 atom stereocenters. The van der Waals surface area contributed by atoms with E-state index < -0.39 is 12.1 Å². The van der Waals surface area contributed by atoms with Crippen LogP contribution in [-0.2, 0) is 16.1 Å². The van der Waals surface area contributed by atoms with E-state index in [9.17, 15) is 18.0 Å². The van der Waals surface area contributed by atoms with Crippen molar-refractivity contribution in [1.29, 1.82) is 0 Å². The molecule has 0 amide bonds. The van der Waals surface area contributed by atoms with Crippen LogP contribution in [-0.4, -0.2) is 33.6 Å². The van der Waals surface area contributed by atoms with E-state index in [1.807, 2.05) is 35.0 Å². The monoisotopic (exact) mass is 493 g/mol. The maximum absolute atomic E-state index is 12.5. The van der Waals surface area contributed by atoms with Crippen molar-refractivity contribution in [1.82, 2.24) is 14.7 Å². The first-order valence-corrected chi connectivity index (χ1v) is 10.8. The van der Waals surface area contributed by atoms with Gasteiger partial charge in [-0.15, -0.1) is 13.2 Å². The Morgan fingerprint density at radius 1 is 1.21 bits per heavy atom. The molecular weight excluding hydrogens is 475 g/mol. The molecular formula is C23H19ClF3N3O4. The second-order valence-electron chi connectivity index (χ2n) is 7.27. The van der Waals surface area contributed by atoms with Gasteiger partial charge in [0.25, 0.3) is 5.89 Å². The van der Waals surface area contributed by atoms with E-state index in [2.05, 4.69) is 14.9 Å². The van der Waals surface area contributed by atoms with Crippen LogP contribution >= 0.6 is 11.6 Å². The van der Waals surface area contributed by atoms with Gasteiger partial charge in [-0.2, -0.15) is 4.98 Å². The number of rotatable bonds is 8. The lowest BCUT2D eigenvalue weighted by Gasteiger charge is -2.10. The molecule has 34 heavy (non-hydrogen) atoms. The van der Waals surface area contributed by atoms with Crippen molar-refractivity contribution < 1.29 is 32.0 Å². The maximum Gasteiger partial charge on any atom is 0.573 e. The Morgan fingerprint density at radius 2 is 2.03 bits per heavy atom. The molecule has 0 radical (unpaired) electrons. The largest absolute Gasteiger partial charge is 0.573 e. The van der Waals surface area contributed by atoms with Gasteiger partial charge in [-0.3, -0.25) is 4.79 Å². The summed E-state index contributed by atoms with van der Waals surface area (Å²) in [6.45, 7) is 2.77. The van der Waals surface area contributed by atoms with E-state index in [1.54, 1.807) is 6.92 Å². The number of carbonyl (C=O) groups is 1. The molecule has 11 heteroatoms. The van der Waals surface area contributed by atoms with Gasteiger partial charge in [0.2, 0.25) is 5.82 Å². The third-order valence-corrected chi connectivity index (χ3v) is 5.27. The molecule has 0 aliphatic carbocycles. The average molecular weight is 494 g/mol. The van der Waals surface area contributed by atoms with Crippen LogP contribution in [0.25, 0.3) is 33.7 Å². The maximum atomic E-state index is 12.5. The van der Waals surface area contributed by atoms with Crippen LogP contribution in [0.5, 0.6) is 5.75 Å². The van der Waals surface area contributed by atoms with Crippen molar-refractivity contribution in [2.75, 3.05) is 6.61 Å². The summed E-state index contributed by atoms with van der Waals surface area (Å²) in [6, 6.07) is 11.3. The number of aromatic nitrogens is 3. The number of aryl methyl sites for hydroxylation is 1. The molecule has 7 nitrogen and oxygen atoms in total. The van der Waals surface area contributed by atoms with Gasteiger partial charge in [-0.05, 0) is 43.7 Å². The lowest BCUT2D eigenvalue weighted by molar-refractivity contribution is -0.274. The zero-order valence-electron chi connectivity index (χ0n) is 17.9. The van der Waals surface area contributed by atoms with Crippen LogP contribution in [0, 0.1) is 0 Å². The Labute approximate surface area is 197 Å². The number of halogens is 4. The molecule has 0 aliphatic rings. The number of hydrogen-bond donors (Lipinski definition) is 0. The molecule has 4 aromatic rings. The Bertz CT molecular complexity index is 1320. The zero-order valence-corrected chi connectivity index (χ0v) is 18.7. The van der Waals surface area contributed by atoms with E-state index in [4.69, 9.17) is 20.9 Å². The molecule has 4 rings (SSSR count). The fraction of sp³-hybridized carbons (Fsp3) is 0.261. The summed E-state index contributed by atoms with van der Waals surface area (Å²) in [5.41, 5.74) is 2.01. The summed E-state index contributed by atoms with van der Waals surface area (Å²) in [4.78, 5) is 16.0. The number of ether oxygens (including phenoxy) is 2. The van der Waals surface area contributed by atoms with Crippen LogP contribution in [0.4, 0.5) is 13.2 Å². The number of esters is 1. The van der Waals surface area contributed by atoms with Gasteiger partial charge in [-0.25, -0.2) is 0 Å². The number of alkyl halides is 3. The highest BCUT2D eigenvalue weighted by Gasteiger charge is 2.32. The van der Waals surface area contributed by atoms with E-state index in [0.717, 1.165) is 22.5 Å². The third-order valence-electron chi connectivity index (χ3n) is 4.97. The number of benzene rings is 2. The first kappa shape index (κ1) is 23.6. The van der Waals surface area contributed by atoms with Crippen molar-refractivity contribution in [3.8, 4) is 28.6 Å². The van der Waals surface area contributed by atoms with Crippen LogP contribution in [0.3, 0.4) is 0 Å². The molecule has 0 spiro atoms. The molecule has 0 fully saturated rings. The van der Waals surface area contributed by atoms with Crippen LogP contribution in [0.15, 0.2) is 53.2 Å². The Hall–Kier alpha value is -3.53. The first-order valence-electron chi connectivity index (χ1n) is 10.4. The standard InChI is InChI=1S/C23H19ClF3N3O4/c1-2-32-20(31)7-4-11-30-12-10-15-16(5-3-6-18(15)30)21-28-22(34-29-21)14-8-9-19(17(24)13-14)33-23(25,26)27/h3,5-6,8-10,12-13H,2,4,7,11H2,1H3. The van der Waals surface area contributed by atoms with Gasteiger partial charge in [0.15, 0.2) is 0 Å². The zero-order chi connectivity index (χ0) is 24.3. The molecule has 2 aromatic carbocycles. The Morgan fingerprint density at radius 3 is 2.76 bits per heavy atom. The van der Waals surface area contributed by atoms with Gasteiger partial charge in [0.1, 0.15) is 5.75 Å². The molecule has 2 aromatic heterocycles. The summed E-state index contributed by atoms with van der Waals surface area (Å²) < 4.78 is 53.6. The van der Waals surface area contributed by atoms with Crippen LogP contribution in [0.2, 0.25) is 5.02 Å². The first-order chi connectivity index (χ1) is 16.2. The van der Waals surface area contributed by atoms with E-state index in [0.29, 0.717) is 37.4 Å². The summed E-state index contributed by atoms with van der Waals surface area (Å²) in [7, 11) is 0.